The normalized spacial score (nSPS) is 15.4. The SMILES string of the molecule is Cc1ccc(NC(=O)Cn2cc(Br)ccc2=O)cc1S(=O)(=O)N1CCCCC1. The maximum atomic E-state index is 13.0. The molecule has 0 radical (unpaired) electrons. The molecule has 1 saturated heterocycles. The second-order valence-corrected chi connectivity index (χ2v) is 9.63. The number of carbonyl (C=O) groups excluding carboxylic acids is 1. The molecule has 1 N–H and O–H groups in total. The zero-order chi connectivity index (χ0) is 20.3. The molecule has 0 saturated carbocycles. The highest BCUT2D eigenvalue weighted by molar-refractivity contribution is 9.10. The maximum Gasteiger partial charge on any atom is 0.251 e. The molecule has 0 spiro atoms. The molecule has 0 unspecified atom stereocenters. The van der Waals surface area contributed by atoms with E-state index in [1.807, 2.05) is 0 Å². The molecule has 1 aromatic carbocycles. The molecule has 1 aliphatic heterocycles. The third kappa shape index (κ3) is 4.71. The Bertz CT molecular complexity index is 1040. The van der Waals surface area contributed by atoms with Gasteiger partial charge >= 0.3 is 0 Å². The molecular formula is C19H22BrN3O4S. The van der Waals surface area contributed by atoms with Crippen LogP contribution in [0.25, 0.3) is 0 Å². The van der Waals surface area contributed by atoms with Crippen LogP contribution >= 0.6 is 15.9 Å². The second-order valence-electron chi connectivity index (χ2n) is 6.81. The molecule has 1 amide bonds. The first kappa shape index (κ1) is 20.8. The number of pyridine rings is 1. The van der Waals surface area contributed by atoms with Gasteiger partial charge in [-0.25, -0.2) is 8.42 Å². The first-order valence-electron chi connectivity index (χ1n) is 9.04. The van der Waals surface area contributed by atoms with Crippen LogP contribution in [-0.4, -0.2) is 36.3 Å². The first-order valence-corrected chi connectivity index (χ1v) is 11.3. The number of rotatable bonds is 5. The maximum absolute atomic E-state index is 13.0. The van der Waals surface area contributed by atoms with Gasteiger partial charge in [0.2, 0.25) is 15.9 Å². The van der Waals surface area contributed by atoms with E-state index < -0.39 is 15.9 Å². The fraction of sp³-hybridized carbons (Fsp3) is 0.368. The molecule has 3 rings (SSSR count). The van der Waals surface area contributed by atoms with E-state index in [-0.39, 0.29) is 17.0 Å². The van der Waals surface area contributed by atoms with Gasteiger partial charge in [-0.3, -0.25) is 9.59 Å². The molecule has 28 heavy (non-hydrogen) atoms. The molecule has 9 heteroatoms. The molecule has 2 heterocycles. The van der Waals surface area contributed by atoms with Crippen molar-refractivity contribution in [2.45, 2.75) is 37.6 Å². The minimum absolute atomic E-state index is 0.166. The summed E-state index contributed by atoms with van der Waals surface area (Å²) < 4.78 is 29.4. The van der Waals surface area contributed by atoms with Crippen LogP contribution in [0.4, 0.5) is 5.69 Å². The lowest BCUT2D eigenvalue weighted by molar-refractivity contribution is -0.116. The van der Waals surface area contributed by atoms with E-state index in [0.29, 0.717) is 28.8 Å². The highest BCUT2D eigenvalue weighted by atomic mass is 79.9. The number of amides is 1. The van der Waals surface area contributed by atoms with Gasteiger partial charge in [-0.2, -0.15) is 4.31 Å². The van der Waals surface area contributed by atoms with E-state index in [2.05, 4.69) is 21.2 Å². The summed E-state index contributed by atoms with van der Waals surface area (Å²) in [6, 6.07) is 7.80. The van der Waals surface area contributed by atoms with Crippen LogP contribution in [0.3, 0.4) is 0 Å². The number of aromatic nitrogens is 1. The molecule has 1 fully saturated rings. The Morgan fingerprint density at radius 1 is 1.14 bits per heavy atom. The molecule has 1 aliphatic rings. The monoisotopic (exact) mass is 467 g/mol. The Kier molecular flexibility index (Phi) is 6.36. The number of benzene rings is 1. The minimum atomic E-state index is -3.60. The predicted molar refractivity (Wildman–Crippen MR) is 111 cm³/mol. The van der Waals surface area contributed by atoms with Crippen molar-refractivity contribution in [3.05, 3.63) is 56.9 Å². The number of halogens is 1. The Balaban J connectivity index is 1.80. The summed E-state index contributed by atoms with van der Waals surface area (Å²) in [6.45, 7) is 2.61. The molecule has 0 bridgehead atoms. The van der Waals surface area contributed by atoms with Crippen LogP contribution in [0.5, 0.6) is 0 Å². The van der Waals surface area contributed by atoms with Gasteiger partial charge in [0, 0.05) is 35.5 Å². The summed E-state index contributed by atoms with van der Waals surface area (Å²) in [4.78, 5) is 24.4. The summed E-state index contributed by atoms with van der Waals surface area (Å²) in [5.41, 5.74) is 0.719. The quantitative estimate of drug-likeness (QED) is 0.731. The Morgan fingerprint density at radius 2 is 1.86 bits per heavy atom. The van der Waals surface area contributed by atoms with Gasteiger partial charge in [-0.1, -0.05) is 12.5 Å². The van der Waals surface area contributed by atoms with Gasteiger partial charge in [-0.15, -0.1) is 0 Å². The lowest BCUT2D eigenvalue weighted by Crippen LogP contribution is -2.36. The number of hydrogen-bond donors (Lipinski definition) is 1. The molecule has 1 aromatic heterocycles. The largest absolute Gasteiger partial charge is 0.324 e. The number of carbonyl (C=O) groups is 1. The van der Waals surface area contributed by atoms with Crippen molar-refractivity contribution < 1.29 is 13.2 Å². The van der Waals surface area contributed by atoms with Crippen molar-refractivity contribution in [2.75, 3.05) is 18.4 Å². The molecule has 0 atom stereocenters. The van der Waals surface area contributed by atoms with Crippen molar-refractivity contribution >= 4 is 37.5 Å². The highest BCUT2D eigenvalue weighted by Gasteiger charge is 2.27. The van der Waals surface area contributed by atoms with Gasteiger partial charge < -0.3 is 9.88 Å². The molecule has 2 aromatic rings. The van der Waals surface area contributed by atoms with Crippen LogP contribution in [0.1, 0.15) is 24.8 Å². The van der Waals surface area contributed by atoms with Crippen molar-refractivity contribution in [3.8, 4) is 0 Å². The van der Waals surface area contributed by atoms with Crippen LogP contribution in [0.15, 0.2) is 50.7 Å². The van der Waals surface area contributed by atoms with Gasteiger partial charge in [0.1, 0.15) is 6.54 Å². The predicted octanol–water partition coefficient (Wildman–Crippen LogP) is 2.73. The van der Waals surface area contributed by atoms with Gasteiger partial charge in [0.15, 0.2) is 0 Å². The van der Waals surface area contributed by atoms with E-state index in [1.165, 1.54) is 27.2 Å². The van der Waals surface area contributed by atoms with Crippen molar-refractivity contribution in [1.29, 1.82) is 0 Å². The Hall–Kier alpha value is -1.97. The number of nitrogens with zero attached hydrogens (tertiary/aromatic N) is 2. The minimum Gasteiger partial charge on any atom is -0.324 e. The van der Waals surface area contributed by atoms with Gasteiger partial charge in [0.05, 0.1) is 4.90 Å². The summed E-state index contributed by atoms with van der Waals surface area (Å²) in [7, 11) is -3.60. The zero-order valence-corrected chi connectivity index (χ0v) is 17.9. The molecule has 0 aliphatic carbocycles. The number of anilines is 1. The smallest absolute Gasteiger partial charge is 0.251 e. The third-order valence-electron chi connectivity index (χ3n) is 4.67. The van der Waals surface area contributed by atoms with Crippen molar-refractivity contribution in [2.24, 2.45) is 0 Å². The van der Waals surface area contributed by atoms with E-state index in [1.54, 1.807) is 25.1 Å². The summed E-state index contributed by atoms with van der Waals surface area (Å²) in [6.07, 6.45) is 4.28. The van der Waals surface area contributed by atoms with Gasteiger partial charge in [-0.05, 0) is 59.5 Å². The first-order chi connectivity index (χ1) is 13.3. The zero-order valence-electron chi connectivity index (χ0n) is 15.5. The van der Waals surface area contributed by atoms with E-state index in [0.717, 1.165) is 19.3 Å². The van der Waals surface area contributed by atoms with Crippen LogP contribution in [0, 0.1) is 6.92 Å². The third-order valence-corrected chi connectivity index (χ3v) is 7.18. The molecule has 150 valence electrons. The standard InChI is InChI=1S/C19H22BrN3O4S/c1-14-5-7-16(11-17(14)28(26,27)23-9-3-2-4-10-23)21-18(24)13-22-12-15(20)6-8-19(22)25/h5-8,11-12H,2-4,9-10,13H2,1H3,(H,21,24). The number of sulfonamides is 1. The lowest BCUT2D eigenvalue weighted by atomic mass is 10.2. The lowest BCUT2D eigenvalue weighted by Gasteiger charge is -2.26. The van der Waals surface area contributed by atoms with Crippen molar-refractivity contribution in [1.82, 2.24) is 8.87 Å². The van der Waals surface area contributed by atoms with Crippen LogP contribution in [0.2, 0.25) is 0 Å². The molecule has 7 nitrogen and oxygen atoms in total. The fourth-order valence-electron chi connectivity index (χ4n) is 3.18. The number of piperidine rings is 1. The average molecular weight is 468 g/mol. The second kappa shape index (κ2) is 8.59. The fourth-order valence-corrected chi connectivity index (χ4v) is 5.33. The van der Waals surface area contributed by atoms with Crippen LogP contribution < -0.4 is 10.9 Å². The summed E-state index contributed by atoms with van der Waals surface area (Å²) >= 11 is 3.27. The number of hydrogen-bond acceptors (Lipinski definition) is 4. The summed E-state index contributed by atoms with van der Waals surface area (Å²) in [5, 5.41) is 2.68. The Labute approximate surface area is 172 Å². The number of nitrogens with one attached hydrogen (secondary N) is 1. The van der Waals surface area contributed by atoms with Gasteiger partial charge in [0.25, 0.3) is 5.56 Å². The topological polar surface area (TPSA) is 88.5 Å². The highest BCUT2D eigenvalue weighted by Crippen LogP contribution is 2.26. The Morgan fingerprint density at radius 3 is 2.57 bits per heavy atom. The van der Waals surface area contributed by atoms with Crippen LogP contribution in [-0.2, 0) is 21.4 Å². The van der Waals surface area contributed by atoms with E-state index >= 15 is 0 Å². The average Bonchev–Trinajstić information content (AvgIpc) is 2.67. The van der Waals surface area contributed by atoms with E-state index in [4.69, 9.17) is 0 Å². The summed E-state index contributed by atoms with van der Waals surface area (Å²) in [5.74, 6) is -0.412. The molecular weight excluding hydrogens is 446 g/mol. The number of aryl methyl sites for hydroxylation is 1. The van der Waals surface area contributed by atoms with Crippen molar-refractivity contribution in [3.63, 3.8) is 0 Å². The van der Waals surface area contributed by atoms with E-state index in [9.17, 15) is 18.0 Å².